The molecule has 11 heteroatoms. The molecular weight excluding hydrogens is 464 g/mol. The number of aromatic nitrogens is 4. The number of benzene rings is 1. The molecule has 2 bridgehead atoms. The molecule has 3 atom stereocenters. The Morgan fingerprint density at radius 1 is 1.09 bits per heavy atom. The first kappa shape index (κ1) is 23.4. The zero-order valence-corrected chi connectivity index (χ0v) is 19.3. The minimum atomic E-state index is -4.47. The van der Waals surface area contributed by atoms with E-state index in [9.17, 15) is 17.6 Å². The Balaban J connectivity index is 1.31. The quantitative estimate of drug-likeness (QED) is 0.458. The molecule has 0 unspecified atom stereocenters. The predicted molar refractivity (Wildman–Crippen MR) is 122 cm³/mol. The highest BCUT2D eigenvalue weighted by Crippen LogP contribution is 2.41. The van der Waals surface area contributed by atoms with Gasteiger partial charge in [-0.05, 0) is 62.8 Å². The van der Waals surface area contributed by atoms with E-state index in [4.69, 9.17) is 4.74 Å². The van der Waals surface area contributed by atoms with Gasteiger partial charge >= 0.3 is 12.2 Å². The molecule has 0 amide bonds. The van der Waals surface area contributed by atoms with Crippen molar-refractivity contribution in [3.8, 4) is 11.8 Å². The second kappa shape index (κ2) is 9.01. The summed E-state index contributed by atoms with van der Waals surface area (Å²) in [5.41, 5.74) is -0.340. The third-order valence-electron chi connectivity index (χ3n) is 6.62. The summed E-state index contributed by atoms with van der Waals surface area (Å²) in [5.74, 6) is 0.805. The van der Waals surface area contributed by atoms with Crippen LogP contribution < -0.4 is 15.0 Å². The lowest BCUT2D eigenvalue weighted by molar-refractivity contribution is -0.141. The number of nitrogens with one attached hydrogen (secondary N) is 1. The molecule has 186 valence electrons. The van der Waals surface area contributed by atoms with Crippen LogP contribution in [0.3, 0.4) is 0 Å². The Morgan fingerprint density at radius 3 is 2.49 bits per heavy atom. The average Bonchev–Trinajstić information content (AvgIpc) is 3.29. The summed E-state index contributed by atoms with van der Waals surface area (Å²) in [5, 5.41) is 8.01. The van der Waals surface area contributed by atoms with E-state index < -0.39 is 17.7 Å². The van der Waals surface area contributed by atoms with Crippen molar-refractivity contribution >= 4 is 11.6 Å². The number of ether oxygens (including phenoxy) is 1. The van der Waals surface area contributed by atoms with Crippen LogP contribution in [-0.2, 0) is 6.18 Å². The van der Waals surface area contributed by atoms with Gasteiger partial charge in [-0.3, -0.25) is 4.98 Å². The monoisotopic (exact) mass is 490 g/mol. The molecule has 1 N–H and O–H groups in total. The Morgan fingerprint density at radius 2 is 1.83 bits per heavy atom. The number of hydrogen-bond donors (Lipinski definition) is 1. The van der Waals surface area contributed by atoms with E-state index in [1.54, 1.807) is 22.9 Å². The zero-order chi connectivity index (χ0) is 24.7. The standard InChI is InChI=1S/C24H26F4N6O/c1-14(2)34-23(35-19-5-3-4-17(25)10-19)31-22(32-34)30-21-15-6-7-16(21)13-33(12-15)18-8-9-29-20(11-18)24(26,27)28/h3-5,8-11,14-16,21H,6-7,12-13H2,1-2H3,(H,30,32)/t15-,16+,21+. The lowest BCUT2D eigenvalue weighted by atomic mass is 9.92. The van der Waals surface area contributed by atoms with E-state index in [-0.39, 0.29) is 29.9 Å². The molecule has 2 aliphatic rings. The van der Waals surface area contributed by atoms with Crippen LogP contribution in [0.4, 0.5) is 29.2 Å². The van der Waals surface area contributed by atoms with Crippen molar-refractivity contribution in [3.63, 3.8) is 0 Å². The smallest absolute Gasteiger partial charge is 0.424 e. The first-order valence-corrected chi connectivity index (χ1v) is 11.6. The molecule has 35 heavy (non-hydrogen) atoms. The minimum absolute atomic E-state index is 0.0327. The second-order valence-corrected chi connectivity index (χ2v) is 9.39. The molecule has 2 aromatic heterocycles. The van der Waals surface area contributed by atoms with Gasteiger partial charge in [-0.25, -0.2) is 9.07 Å². The summed E-state index contributed by atoms with van der Waals surface area (Å²) >= 11 is 0. The molecule has 1 aromatic carbocycles. The summed E-state index contributed by atoms with van der Waals surface area (Å²) in [7, 11) is 0. The highest BCUT2D eigenvalue weighted by Gasteiger charge is 2.43. The molecular formula is C24H26F4N6O. The molecule has 5 rings (SSSR count). The number of halogens is 4. The average molecular weight is 491 g/mol. The molecule has 1 saturated heterocycles. The molecule has 0 radical (unpaired) electrons. The van der Waals surface area contributed by atoms with Crippen LogP contribution in [0.25, 0.3) is 0 Å². The molecule has 7 nitrogen and oxygen atoms in total. The predicted octanol–water partition coefficient (Wildman–Crippen LogP) is 5.53. The lowest BCUT2D eigenvalue weighted by Gasteiger charge is -2.39. The molecule has 3 heterocycles. The highest BCUT2D eigenvalue weighted by molar-refractivity contribution is 5.49. The summed E-state index contributed by atoms with van der Waals surface area (Å²) in [6, 6.07) is 8.90. The van der Waals surface area contributed by atoms with Crippen LogP contribution in [0.2, 0.25) is 0 Å². The van der Waals surface area contributed by atoms with Crippen molar-refractivity contribution in [1.82, 2.24) is 19.7 Å². The fourth-order valence-electron chi connectivity index (χ4n) is 5.00. The van der Waals surface area contributed by atoms with Crippen molar-refractivity contribution in [2.75, 3.05) is 23.3 Å². The van der Waals surface area contributed by atoms with Crippen molar-refractivity contribution in [1.29, 1.82) is 0 Å². The first-order chi connectivity index (χ1) is 16.7. The maximum absolute atomic E-state index is 13.6. The van der Waals surface area contributed by atoms with Gasteiger partial charge in [0.25, 0.3) is 0 Å². The fraction of sp³-hybridized carbons (Fsp3) is 0.458. The van der Waals surface area contributed by atoms with Gasteiger partial charge in [0.05, 0.1) is 6.04 Å². The van der Waals surface area contributed by atoms with Crippen LogP contribution in [0, 0.1) is 17.7 Å². The Labute approximate surface area is 200 Å². The van der Waals surface area contributed by atoms with Gasteiger partial charge in [0, 0.05) is 37.1 Å². The minimum Gasteiger partial charge on any atom is -0.424 e. The normalized spacial score (nSPS) is 22.0. The third-order valence-corrected chi connectivity index (χ3v) is 6.62. The summed E-state index contributed by atoms with van der Waals surface area (Å²) in [4.78, 5) is 10.00. The topological polar surface area (TPSA) is 68.1 Å². The van der Waals surface area contributed by atoms with Gasteiger partial charge in [0.15, 0.2) is 0 Å². The highest BCUT2D eigenvalue weighted by atomic mass is 19.4. The van der Waals surface area contributed by atoms with E-state index in [0.29, 0.717) is 30.5 Å². The maximum Gasteiger partial charge on any atom is 0.433 e. The van der Waals surface area contributed by atoms with Crippen LogP contribution in [0.15, 0.2) is 42.6 Å². The van der Waals surface area contributed by atoms with Crippen LogP contribution in [0.5, 0.6) is 11.8 Å². The van der Waals surface area contributed by atoms with E-state index in [0.717, 1.165) is 18.9 Å². The van der Waals surface area contributed by atoms with Gasteiger partial charge in [0.1, 0.15) is 17.3 Å². The molecule has 1 aliphatic carbocycles. The Kier molecular flexibility index (Phi) is 6.02. The van der Waals surface area contributed by atoms with E-state index in [1.165, 1.54) is 18.3 Å². The van der Waals surface area contributed by atoms with Crippen LogP contribution >= 0.6 is 0 Å². The van der Waals surface area contributed by atoms with Crippen LogP contribution in [0.1, 0.15) is 38.4 Å². The third kappa shape index (κ3) is 4.89. The molecule has 1 aliphatic heterocycles. The van der Waals surface area contributed by atoms with E-state index in [1.807, 2.05) is 18.7 Å². The number of pyridine rings is 1. The number of anilines is 2. The van der Waals surface area contributed by atoms with Crippen molar-refractivity contribution < 1.29 is 22.3 Å². The number of piperidine rings is 1. The largest absolute Gasteiger partial charge is 0.433 e. The Bertz CT molecular complexity index is 1180. The SMILES string of the molecule is CC(C)n1nc(N[C@H]2[C@@H]3CC[C@H]2CN(c2ccnc(C(F)(F)F)c2)C3)nc1Oc1cccc(F)c1. The first-order valence-electron chi connectivity index (χ1n) is 11.6. The maximum atomic E-state index is 13.6. The van der Waals surface area contributed by atoms with Crippen molar-refractivity contribution in [2.24, 2.45) is 11.8 Å². The van der Waals surface area contributed by atoms with Gasteiger partial charge in [-0.15, -0.1) is 5.10 Å². The van der Waals surface area contributed by atoms with Crippen LogP contribution in [-0.4, -0.2) is 38.9 Å². The van der Waals surface area contributed by atoms with Gasteiger partial charge in [-0.2, -0.15) is 18.2 Å². The van der Waals surface area contributed by atoms with E-state index in [2.05, 4.69) is 20.4 Å². The zero-order valence-electron chi connectivity index (χ0n) is 19.3. The molecule has 0 spiro atoms. The number of alkyl halides is 3. The Hall–Kier alpha value is -3.37. The fourth-order valence-corrected chi connectivity index (χ4v) is 5.00. The summed E-state index contributed by atoms with van der Waals surface area (Å²) in [6.07, 6.45) is -1.32. The van der Waals surface area contributed by atoms with Gasteiger partial charge in [-0.1, -0.05) is 6.07 Å². The van der Waals surface area contributed by atoms with Gasteiger partial charge in [0.2, 0.25) is 5.95 Å². The summed E-state index contributed by atoms with van der Waals surface area (Å²) in [6.45, 7) is 5.16. The number of fused-ring (bicyclic) bond motifs is 2. The van der Waals surface area contributed by atoms with E-state index >= 15 is 0 Å². The number of rotatable bonds is 6. The summed E-state index contributed by atoms with van der Waals surface area (Å²) < 4.78 is 60.4. The molecule has 2 fully saturated rings. The van der Waals surface area contributed by atoms with Gasteiger partial charge < -0.3 is 15.0 Å². The van der Waals surface area contributed by atoms with Crippen molar-refractivity contribution in [3.05, 3.63) is 54.1 Å². The molecule has 3 aromatic rings. The number of hydrogen-bond acceptors (Lipinski definition) is 6. The lowest BCUT2D eigenvalue weighted by Crippen LogP contribution is -2.48. The number of nitrogens with zero attached hydrogens (tertiary/aromatic N) is 5. The molecule has 1 saturated carbocycles. The van der Waals surface area contributed by atoms with Crippen molar-refractivity contribution in [2.45, 2.75) is 44.9 Å². The second-order valence-electron chi connectivity index (χ2n) is 9.39.